The van der Waals surface area contributed by atoms with Crippen molar-refractivity contribution in [2.75, 3.05) is 11.4 Å². The molecular formula is C15H25N3. The molecule has 0 bridgehead atoms. The van der Waals surface area contributed by atoms with Gasteiger partial charge in [0.25, 0.3) is 0 Å². The maximum absolute atomic E-state index is 4.67. The van der Waals surface area contributed by atoms with Gasteiger partial charge in [0.1, 0.15) is 5.82 Å². The quantitative estimate of drug-likeness (QED) is 0.886. The van der Waals surface area contributed by atoms with Gasteiger partial charge in [-0.25, -0.2) is 4.98 Å². The van der Waals surface area contributed by atoms with E-state index < -0.39 is 0 Å². The summed E-state index contributed by atoms with van der Waals surface area (Å²) in [6.07, 6.45) is 4.60. The lowest BCUT2D eigenvalue weighted by molar-refractivity contribution is 0.587. The molecule has 1 aromatic rings. The highest BCUT2D eigenvalue weighted by atomic mass is 15.2. The maximum Gasteiger partial charge on any atom is 0.131 e. The van der Waals surface area contributed by atoms with Crippen LogP contribution in [0.1, 0.15) is 44.7 Å². The fourth-order valence-corrected chi connectivity index (χ4v) is 2.59. The van der Waals surface area contributed by atoms with E-state index in [0.29, 0.717) is 12.1 Å². The summed E-state index contributed by atoms with van der Waals surface area (Å²) in [5.74, 6) is 1.17. The smallest absolute Gasteiger partial charge is 0.131 e. The van der Waals surface area contributed by atoms with Crippen LogP contribution in [0.3, 0.4) is 0 Å². The number of hydrogen-bond donors (Lipinski definition) is 1. The largest absolute Gasteiger partial charge is 0.354 e. The molecule has 1 saturated heterocycles. The van der Waals surface area contributed by atoms with E-state index in [-0.39, 0.29) is 0 Å². The van der Waals surface area contributed by atoms with Gasteiger partial charge >= 0.3 is 0 Å². The van der Waals surface area contributed by atoms with E-state index in [1.165, 1.54) is 29.8 Å². The van der Waals surface area contributed by atoms with Gasteiger partial charge in [-0.05, 0) is 43.9 Å². The van der Waals surface area contributed by atoms with Crippen LogP contribution in [0.25, 0.3) is 0 Å². The zero-order valence-electron chi connectivity index (χ0n) is 12.0. The topological polar surface area (TPSA) is 28.2 Å². The number of rotatable bonds is 4. The normalized spacial score (nSPS) is 19.8. The number of nitrogens with one attached hydrogen (secondary N) is 1. The van der Waals surface area contributed by atoms with Gasteiger partial charge in [-0.2, -0.15) is 0 Å². The van der Waals surface area contributed by atoms with Crippen LogP contribution >= 0.6 is 0 Å². The molecule has 1 aliphatic rings. The van der Waals surface area contributed by atoms with E-state index >= 15 is 0 Å². The molecule has 1 aliphatic heterocycles. The maximum atomic E-state index is 4.67. The predicted octanol–water partition coefficient (Wildman–Crippen LogP) is 2.88. The van der Waals surface area contributed by atoms with Crippen LogP contribution in [-0.2, 0) is 6.54 Å². The number of anilines is 1. The van der Waals surface area contributed by atoms with Gasteiger partial charge in [-0.15, -0.1) is 0 Å². The average molecular weight is 247 g/mol. The zero-order valence-corrected chi connectivity index (χ0v) is 12.0. The Balaban J connectivity index is 2.09. The summed E-state index contributed by atoms with van der Waals surface area (Å²) in [5.41, 5.74) is 2.57. The first kappa shape index (κ1) is 13.3. The first-order valence-electron chi connectivity index (χ1n) is 7.03. The fraction of sp³-hybridized carbons (Fsp3) is 0.667. The van der Waals surface area contributed by atoms with Gasteiger partial charge in [0.2, 0.25) is 0 Å². The third-order valence-electron chi connectivity index (χ3n) is 3.65. The molecule has 0 aliphatic carbocycles. The lowest BCUT2D eigenvalue weighted by Crippen LogP contribution is -2.28. The Morgan fingerprint density at radius 2 is 2.28 bits per heavy atom. The molecule has 1 fully saturated rings. The van der Waals surface area contributed by atoms with E-state index in [1.54, 1.807) is 0 Å². The molecule has 1 aromatic heterocycles. The molecule has 1 atom stereocenters. The molecule has 18 heavy (non-hydrogen) atoms. The summed E-state index contributed by atoms with van der Waals surface area (Å²) in [6, 6.07) is 3.42. The molecule has 0 saturated carbocycles. The Bertz CT molecular complexity index is 401. The van der Waals surface area contributed by atoms with Crippen molar-refractivity contribution in [3.63, 3.8) is 0 Å². The van der Waals surface area contributed by atoms with Crippen molar-refractivity contribution < 1.29 is 0 Å². The molecule has 2 heterocycles. The van der Waals surface area contributed by atoms with Gasteiger partial charge in [0.05, 0.1) is 0 Å². The fourth-order valence-electron chi connectivity index (χ4n) is 2.59. The second-order valence-electron chi connectivity index (χ2n) is 5.70. The summed E-state index contributed by atoms with van der Waals surface area (Å²) < 4.78 is 0. The van der Waals surface area contributed by atoms with Gasteiger partial charge in [0.15, 0.2) is 0 Å². The third-order valence-corrected chi connectivity index (χ3v) is 3.65. The summed E-state index contributed by atoms with van der Waals surface area (Å²) in [5, 5.41) is 3.43. The van der Waals surface area contributed by atoms with Gasteiger partial charge in [-0.3, -0.25) is 0 Å². The highest BCUT2D eigenvalue weighted by molar-refractivity contribution is 5.49. The Morgan fingerprint density at radius 1 is 1.50 bits per heavy atom. The minimum atomic E-state index is 0.517. The molecule has 3 heteroatoms. The van der Waals surface area contributed by atoms with Crippen LogP contribution in [0.5, 0.6) is 0 Å². The van der Waals surface area contributed by atoms with Crippen LogP contribution in [0.2, 0.25) is 0 Å². The number of aromatic nitrogens is 1. The van der Waals surface area contributed by atoms with E-state index in [2.05, 4.69) is 49.0 Å². The number of pyridine rings is 1. The van der Waals surface area contributed by atoms with Crippen molar-refractivity contribution in [2.45, 2.75) is 59.2 Å². The minimum Gasteiger partial charge on any atom is -0.354 e. The van der Waals surface area contributed by atoms with Crippen molar-refractivity contribution in [1.29, 1.82) is 0 Å². The number of aryl methyl sites for hydroxylation is 1. The Labute approximate surface area is 111 Å². The zero-order chi connectivity index (χ0) is 13.1. The van der Waals surface area contributed by atoms with Crippen LogP contribution in [0.4, 0.5) is 5.82 Å². The van der Waals surface area contributed by atoms with E-state index in [9.17, 15) is 0 Å². The standard InChI is InChI=1S/C15H25N3/c1-11(2)16-9-14-8-12(3)15(17-10-14)18-7-5-6-13(18)4/h8,10-11,13,16H,5-7,9H2,1-4H3. The lowest BCUT2D eigenvalue weighted by Gasteiger charge is -2.24. The van der Waals surface area contributed by atoms with Crippen molar-refractivity contribution in [2.24, 2.45) is 0 Å². The van der Waals surface area contributed by atoms with Crippen molar-refractivity contribution in [3.05, 3.63) is 23.4 Å². The van der Waals surface area contributed by atoms with Crippen molar-refractivity contribution >= 4 is 5.82 Å². The van der Waals surface area contributed by atoms with Gasteiger partial charge < -0.3 is 10.2 Å². The third kappa shape index (κ3) is 3.02. The highest BCUT2D eigenvalue weighted by Crippen LogP contribution is 2.26. The first-order valence-corrected chi connectivity index (χ1v) is 7.03. The molecule has 0 amide bonds. The van der Waals surface area contributed by atoms with Crippen LogP contribution in [-0.4, -0.2) is 23.6 Å². The van der Waals surface area contributed by atoms with Gasteiger partial charge in [0, 0.05) is 31.4 Å². The second-order valence-corrected chi connectivity index (χ2v) is 5.70. The summed E-state index contributed by atoms with van der Waals surface area (Å²) in [6.45, 7) is 10.9. The Kier molecular flexibility index (Phi) is 4.23. The lowest BCUT2D eigenvalue weighted by atomic mass is 10.1. The SMILES string of the molecule is Cc1cc(CNC(C)C)cnc1N1CCCC1C. The molecule has 0 aromatic carbocycles. The number of nitrogens with zero attached hydrogens (tertiary/aromatic N) is 2. The predicted molar refractivity (Wildman–Crippen MR) is 77.0 cm³/mol. The highest BCUT2D eigenvalue weighted by Gasteiger charge is 2.22. The molecule has 100 valence electrons. The van der Waals surface area contributed by atoms with Gasteiger partial charge in [-0.1, -0.05) is 13.8 Å². The number of hydrogen-bond acceptors (Lipinski definition) is 3. The second kappa shape index (κ2) is 5.70. The van der Waals surface area contributed by atoms with E-state index in [0.717, 1.165) is 13.1 Å². The molecule has 3 nitrogen and oxygen atoms in total. The van der Waals surface area contributed by atoms with E-state index in [4.69, 9.17) is 0 Å². The molecule has 0 spiro atoms. The van der Waals surface area contributed by atoms with Crippen LogP contribution in [0.15, 0.2) is 12.3 Å². The molecule has 0 radical (unpaired) electrons. The molecule has 1 unspecified atom stereocenters. The van der Waals surface area contributed by atoms with E-state index in [1.807, 2.05) is 6.20 Å². The molecular weight excluding hydrogens is 222 g/mol. The first-order chi connectivity index (χ1) is 8.58. The monoisotopic (exact) mass is 247 g/mol. The van der Waals surface area contributed by atoms with Crippen molar-refractivity contribution in [1.82, 2.24) is 10.3 Å². The van der Waals surface area contributed by atoms with Crippen LogP contribution in [0, 0.1) is 6.92 Å². The average Bonchev–Trinajstić information content (AvgIpc) is 2.73. The Morgan fingerprint density at radius 3 is 2.83 bits per heavy atom. The Hall–Kier alpha value is -1.09. The summed E-state index contributed by atoms with van der Waals surface area (Å²) >= 11 is 0. The summed E-state index contributed by atoms with van der Waals surface area (Å²) in [4.78, 5) is 7.11. The summed E-state index contributed by atoms with van der Waals surface area (Å²) in [7, 11) is 0. The van der Waals surface area contributed by atoms with Crippen molar-refractivity contribution in [3.8, 4) is 0 Å². The molecule has 2 rings (SSSR count). The van der Waals surface area contributed by atoms with Crippen LogP contribution < -0.4 is 10.2 Å². The molecule has 1 N–H and O–H groups in total. The minimum absolute atomic E-state index is 0.517.